The zero-order valence-electron chi connectivity index (χ0n) is 14.8. The van der Waals surface area contributed by atoms with Crippen LogP contribution < -0.4 is 4.74 Å². The number of aliphatic hydroxyl groups is 1. The zero-order valence-corrected chi connectivity index (χ0v) is 14.8. The van der Waals surface area contributed by atoms with E-state index in [1.165, 1.54) is 18.2 Å². The number of hydrogen-bond acceptors (Lipinski definition) is 6. The van der Waals surface area contributed by atoms with Gasteiger partial charge in [-0.25, -0.2) is 0 Å². The molecular formula is C19H18N2O6. The van der Waals surface area contributed by atoms with E-state index in [4.69, 9.17) is 4.74 Å². The third-order valence-electron chi connectivity index (χ3n) is 4.20. The van der Waals surface area contributed by atoms with E-state index in [2.05, 4.69) is 0 Å². The molecule has 1 heterocycles. The van der Waals surface area contributed by atoms with Gasteiger partial charge < -0.3 is 9.84 Å². The van der Waals surface area contributed by atoms with Crippen LogP contribution in [0.5, 0.6) is 5.75 Å². The number of carbonyl (C=O) groups is 2. The van der Waals surface area contributed by atoms with Crippen molar-refractivity contribution in [1.29, 1.82) is 0 Å². The molecule has 2 amide bonds. The highest BCUT2D eigenvalue weighted by atomic mass is 16.6. The Bertz CT molecular complexity index is 920. The molecule has 140 valence electrons. The van der Waals surface area contributed by atoms with E-state index >= 15 is 0 Å². The molecule has 2 aromatic rings. The summed E-state index contributed by atoms with van der Waals surface area (Å²) in [4.78, 5) is 36.1. The maximum atomic E-state index is 12.5. The number of imide groups is 1. The van der Waals surface area contributed by atoms with E-state index in [9.17, 15) is 24.8 Å². The minimum atomic E-state index is -1.13. The fourth-order valence-corrected chi connectivity index (χ4v) is 3.11. The van der Waals surface area contributed by atoms with Gasteiger partial charge in [-0.1, -0.05) is 12.1 Å². The molecule has 1 N–H and O–H groups in total. The summed E-state index contributed by atoms with van der Waals surface area (Å²) in [6, 6.07) is 9.49. The van der Waals surface area contributed by atoms with Crippen LogP contribution in [0.3, 0.4) is 0 Å². The first kappa shape index (κ1) is 18.5. The van der Waals surface area contributed by atoms with Crippen molar-refractivity contribution in [1.82, 2.24) is 4.90 Å². The average molecular weight is 370 g/mol. The molecule has 0 fully saturated rings. The molecule has 1 atom stereocenters. The van der Waals surface area contributed by atoms with Crippen LogP contribution in [0.25, 0.3) is 0 Å². The number of nitro benzene ring substituents is 1. The third kappa shape index (κ3) is 3.65. The SMILES string of the molecule is Cc1cc(C)cc(OC[C@H](O)CN2C(=O)c3cccc([N+](=O)[O-])c3C2=O)c1. The summed E-state index contributed by atoms with van der Waals surface area (Å²) in [5, 5.41) is 21.3. The molecule has 3 rings (SSSR count). The van der Waals surface area contributed by atoms with E-state index < -0.39 is 28.5 Å². The highest BCUT2D eigenvalue weighted by Crippen LogP contribution is 2.30. The van der Waals surface area contributed by atoms with Crippen LogP contribution in [-0.4, -0.2) is 46.0 Å². The lowest BCUT2D eigenvalue weighted by molar-refractivity contribution is -0.385. The fourth-order valence-electron chi connectivity index (χ4n) is 3.11. The van der Waals surface area contributed by atoms with Gasteiger partial charge in [0.1, 0.15) is 24.0 Å². The molecule has 0 saturated heterocycles. The number of hydrogen-bond donors (Lipinski definition) is 1. The van der Waals surface area contributed by atoms with Crippen molar-refractivity contribution in [3.63, 3.8) is 0 Å². The van der Waals surface area contributed by atoms with E-state index in [1.54, 1.807) is 0 Å². The number of ether oxygens (including phenoxy) is 1. The van der Waals surface area contributed by atoms with Gasteiger partial charge in [0.15, 0.2) is 0 Å². The molecule has 27 heavy (non-hydrogen) atoms. The van der Waals surface area contributed by atoms with E-state index in [-0.39, 0.29) is 24.3 Å². The molecule has 1 aliphatic heterocycles. The van der Waals surface area contributed by atoms with Crippen molar-refractivity contribution >= 4 is 17.5 Å². The Morgan fingerprint density at radius 1 is 1.15 bits per heavy atom. The number of nitro groups is 1. The molecule has 0 aliphatic carbocycles. The lowest BCUT2D eigenvalue weighted by atomic mass is 10.1. The number of carbonyl (C=O) groups excluding carboxylic acids is 2. The number of aryl methyl sites for hydroxylation is 2. The number of nitrogens with zero attached hydrogens (tertiary/aromatic N) is 2. The molecule has 0 spiro atoms. The van der Waals surface area contributed by atoms with Crippen LogP contribution in [-0.2, 0) is 0 Å². The van der Waals surface area contributed by atoms with Gasteiger partial charge in [0.05, 0.1) is 17.0 Å². The summed E-state index contributed by atoms with van der Waals surface area (Å²) in [7, 11) is 0. The van der Waals surface area contributed by atoms with Crippen molar-refractivity contribution in [3.05, 3.63) is 68.8 Å². The number of fused-ring (bicyclic) bond motifs is 1. The Labute approximate surface area is 155 Å². The van der Waals surface area contributed by atoms with E-state index in [0.29, 0.717) is 5.75 Å². The van der Waals surface area contributed by atoms with E-state index in [0.717, 1.165) is 16.0 Å². The van der Waals surface area contributed by atoms with Crippen molar-refractivity contribution in [2.75, 3.05) is 13.2 Å². The second kappa shape index (κ2) is 7.16. The van der Waals surface area contributed by atoms with Crippen molar-refractivity contribution in [3.8, 4) is 5.75 Å². The van der Waals surface area contributed by atoms with Gasteiger partial charge in [0, 0.05) is 6.07 Å². The minimum absolute atomic E-state index is 0.0309. The van der Waals surface area contributed by atoms with Crippen molar-refractivity contribution in [2.45, 2.75) is 20.0 Å². The number of aliphatic hydroxyl groups excluding tert-OH is 1. The summed E-state index contributed by atoms with van der Waals surface area (Å²) in [6.07, 6.45) is -1.13. The Hall–Kier alpha value is -3.26. The number of amides is 2. The first-order chi connectivity index (χ1) is 12.8. The molecule has 0 aromatic heterocycles. The molecule has 0 saturated carbocycles. The summed E-state index contributed by atoms with van der Waals surface area (Å²) in [5.41, 5.74) is 1.32. The van der Waals surface area contributed by atoms with Crippen LogP contribution >= 0.6 is 0 Å². The third-order valence-corrected chi connectivity index (χ3v) is 4.20. The Balaban J connectivity index is 1.70. The standard InChI is InChI=1S/C19H18N2O6/c1-11-6-12(2)8-14(7-11)27-10-13(22)9-20-18(23)15-4-3-5-16(21(25)26)17(15)19(20)24/h3-8,13,22H,9-10H2,1-2H3/t13-/m1/s1. The first-order valence-corrected chi connectivity index (χ1v) is 8.30. The minimum Gasteiger partial charge on any atom is -0.491 e. The van der Waals surface area contributed by atoms with Gasteiger partial charge in [-0.05, 0) is 43.2 Å². The number of rotatable bonds is 6. The molecule has 8 nitrogen and oxygen atoms in total. The normalized spacial score (nSPS) is 14.3. The molecule has 8 heteroatoms. The van der Waals surface area contributed by atoms with Crippen LogP contribution in [0.1, 0.15) is 31.8 Å². The average Bonchev–Trinajstić information content (AvgIpc) is 2.84. The second-order valence-corrected chi connectivity index (χ2v) is 6.47. The predicted molar refractivity (Wildman–Crippen MR) is 95.9 cm³/mol. The second-order valence-electron chi connectivity index (χ2n) is 6.47. The monoisotopic (exact) mass is 370 g/mol. The number of benzene rings is 2. The maximum absolute atomic E-state index is 12.5. The fraction of sp³-hybridized carbons (Fsp3) is 0.263. The van der Waals surface area contributed by atoms with E-state index in [1.807, 2.05) is 32.0 Å². The van der Waals surface area contributed by atoms with Gasteiger partial charge in [0.25, 0.3) is 17.5 Å². The van der Waals surface area contributed by atoms with Gasteiger partial charge in [-0.2, -0.15) is 0 Å². The quantitative estimate of drug-likeness (QED) is 0.474. The van der Waals surface area contributed by atoms with Crippen LogP contribution in [0.2, 0.25) is 0 Å². The molecule has 0 radical (unpaired) electrons. The molecule has 2 aromatic carbocycles. The van der Waals surface area contributed by atoms with Crippen molar-refractivity contribution in [2.24, 2.45) is 0 Å². The Morgan fingerprint density at radius 2 is 1.81 bits per heavy atom. The Kier molecular flexibility index (Phi) is 4.91. The zero-order chi connectivity index (χ0) is 19.7. The molecule has 1 aliphatic rings. The highest BCUT2D eigenvalue weighted by Gasteiger charge is 2.41. The maximum Gasteiger partial charge on any atom is 0.282 e. The summed E-state index contributed by atoms with van der Waals surface area (Å²) in [6.45, 7) is 3.40. The van der Waals surface area contributed by atoms with Gasteiger partial charge in [-0.15, -0.1) is 0 Å². The summed E-state index contributed by atoms with van der Waals surface area (Å²) in [5.74, 6) is -0.874. The van der Waals surface area contributed by atoms with Crippen LogP contribution in [0.4, 0.5) is 5.69 Å². The highest BCUT2D eigenvalue weighted by molar-refractivity contribution is 6.23. The lowest BCUT2D eigenvalue weighted by Crippen LogP contribution is -2.39. The van der Waals surface area contributed by atoms with Crippen molar-refractivity contribution < 1.29 is 24.4 Å². The molecule has 0 unspecified atom stereocenters. The first-order valence-electron chi connectivity index (χ1n) is 8.30. The summed E-state index contributed by atoms with van der Waals surface area (Å²) < 4.78 is 5.54. The van der Waals surface area contributed by atoms with Gasteiger partial charge in [-0.3, -0.25) is 24.6 Å². The van der Waals surface area contributed by atoms with Crippen LogP contribution in [0, 0.1) is 24.0 Å². The Morgan fingerprint density at radius 3 is 2.44 bits per heavy atom. The molecule has 0 bridgehead atoms. The topological polar surface area (TPSA) is 110 Å². The predicted octanol–water partition coefficient (Wildman–Crippen LogP) is 2.25. The smallest absolute Gasteiger partial charge is 0.282 e. The number of β-amino-alcohol motifs (C(OH)–C–C–N with tert-alkyl or cyclic N) is 1. The molecular weight excluding hydrogens is 352 g/mol. The lowest BCUT2D eigenvalue weighted by Gasteiger charge is -2.19. The van der Waals surface area contributed by atoms with Gasteiger partial charge >= 0.3 is 0 Å². The summed E-state index contributed by atoms with van der Waals surface area (Å²) >= 11 is 0. The van der Waals surface area contributed by atoms with Gasteiger partial charge in [0.2, 0.25) is 0 Å². The largest absolute Gasteiger partial charge is 0.491 e. The van der Waals surface area contributed by atoms with Crippen LogP contribution in [0.15, 0.2) is 36.4 Å².